The van der Waals surface area contributed by atoms with E-state index >= 15 is 0 Å². The number of hydrogen-bond donors (Lipinski definition) is 1. The Bertz CT molecular complexity index is 245. The second kappa shape index (κ2) is 6.93. The lowest BCUT2D eigenvalue weighted by Crippen LogP contribution is -2.47. The van der Waals surface area contributed by atoms with Gasteiger partial charge in [0.05, 0.1) is 31.8 Å². The Morgan fingerprint density at radius 3 is 2.82 bits per heavy atom. The maximum absolute atomic E-state index is 11.5. The summed E-state index contributed by atoms with van der Waals surface area (Å²) in [6.07, 6.45) is 0.257. The van der Waals surface area contributed by atoms with Crippen LogP contribution < -0.4 is 0 Å². The third-order valence-corrected chi connectivity index (χ3v) is 3.02. The van der Waals surface area contributed by atoms with Gasteiger partial charge in [-0.15, -0.1) is 0 Å². The fourth-order valence-electron chi connectivity index (χ4n) is 2.01. The number of rotatable bonds is 5. The van der Waals surface area contributed by atoms with E-state index in [1.807, 2.05) is 13.8 Å². The number of ether oxygens (including phenoxy) is 2. The zero-order valence-corrected chi connectivity index (χ0v) is 10.9. The summed E-state index contributed by atoms with van der Waals surface area (Å²) in [6, 6.07) is 0. The highest BCUT2D eigenvalue weighted by atomic mass is 16.5. The molecule has 1 saturated heterocycles. The lowest BCUT2D eigenvalue weighted by molar-refractivity contribution is -0.152. The molecule has 100 valence electrons. The van der Waals surface area contributed by atoms with Crippen LogP contribution in [0.1, 0.15) is 20.3 Å². The number of nitrogens with zero attached hydrogens (tertiary/aromatic N) is 1. The van der Waals surface area contributed by atoms with E-state index in [4.69, 9.17) is 9.47 Å². The van der Waals surface area contributed by atoms with Gasteiger partial charge in [0.2, 0.25) is 0 Å². The van der Waals surface area contributed by atoms with Crippen LogP contribution in [0.2, 0.25) is 0 Å². The highest BCUT2D eigenvalue weighted by Crippen LogP contribution is 2.18. The molecule has 17 heavy (non-hydrogen) atoms. The van der Waals surface area contributed by atoms with Gasteiger partial charge < -0.3 is 14.6 Å². The highest BCUT2D eigenvalue weighted by Gasteiger charge is 2.33. The van der Waals surface area contributed by atoms with Gasteiger partial charge in [-0.1, -0.05) is 0 Å². The summed E-state index contributed by atoms with van der Waals surface area (Å²) in [5, 5.41) is 9.74. The Morgan fingerprint density at radius 1 is 1.53 bits per heavy atom. The van der Waals surface area contributed by atoms with E-state index < -0.39 is 12.0 Å². The van der Waals surface area contributed by atoms with Crippen molar-refractivity contribution in [2.24, 2.45) is 5.92 Å². The molecule has 0 saturated carbocycles. The second-order valence-electron chi connectivity index (χ2n) is 4.71. The molecular formula is C12H23NO4. The number of likely N-dealkylation sites (tertiary alicyclic amines) is 1. The summed E-state index contributed by atoms with van der Waals surface area (Å²) >= 11 is 0. The third kappa shape index (κ3) is 4.61. The molecule has 0 aromatic rings. The molecule has 5 nitrogen and oxygen atoms in total. The molecule has 2 atom stereocenters. The number of piperidine rings is 1. The summed E-state index contributed by atoms with van der Waals surface area (Å²) in [6.45, 7) is 6.79. The molecule has 0 aliphatic carbocycles. The van der Waals surface area contributed by atoms with Crippen molar-refractivity contribution >= 4 is 5.97 Å². The Balaban J connectivity index is 2.36. The first-order valence-electron chi connectivity index (χ1n) is 6.14. The van der Waals surface area contributed by atoms with Gasteiger partial charge in [-0.3, -0.25) is 9.69 Å². The van der Waals surface area contributed by atoms with E-state index in [1.165, 1.54) is 7.11 Å². The maximum Gasteiger partial charge on any atom is 0.312 e. The summed E-state index contributed by atoms with van der Waals surface area (Å²) in [5.74, 6) is -0.750. The average Bonchev–Trinajstić information content (AvgIpc) is 2.30. The molecule has 1 aliphatic rings. The fraction of sp³-hybridized carbons (Fsp3) is 0.917. The van der Waals surface area contributed by atoms with E-state index in [9.17, 15) is 9.90 Å². The van der Waals surface area contributed by atoms with E-state index in [2.05, 4.69) is 4.90 Å². The predicted octanol–water partition coefficient (Wildman–Crippen LogP) is 0.267. The lowest BCUT2D eigenvalue weighted by Gasteiger charge is -2.34. The summed E-state index contributed by atoms with van der Waals surface area (Å²) in [7, 11) is 1.36. The number of hydrogen-bond acceptors (Lipinski definition) is 5. The summed E-state index contributed by atoms with van der Waals surface area (Å²) in [5.41, 5.74) is 0. The van der Waals surface area contributed by atoms with Crippen LogP contribution in [0.4, 0.5) is 0 Å². The molecule has 0 radical (unpaired) electrons. The van der Waals surface area contributed by atoms with Crippen LogP contribution in [0.15, 0.2) is 0 Å². The average molecular weight is 245 g/mol. The maximum atomic E-state index is 11.5. The Hall–Kier alpha value is -0.650. The number of aliphatic hydroxyl groups is 1. The van der Waals surface area contributed by atoms with Crippen molar-refractivity contribution in [1.82, 2.24) is 4.90 Å². The molecule has 0 bridgehead atoms. The van der Waals surface area contributed by atoms with Crippen LogP contribution in [0, 0.1) is 5.92 Å². The topological polar surface area (TPSA) is 59.0 Å². The Kier molecular flexibility index (Phi) is 5.88. The van der Waals surface area contributed by atoms with E-state index in [-0.39, 0.29) is 12.1 Å². The van der Waals surface area contributed by atoms with Crippen LogP contribution in [0.25, 0.3) is 0 Å². The summed E-state index contributed by atoms with van der Waals surface area (Å²) < 4.78 is 10.2. The van der Waals surface area contributed by atoms with E-state index in [1.54, 1.807) is 0 Å². The summed E-state index contributed by atoms with van der Waals surface area (Å²) in [4.78, 5) is 13.6. The molecule has 0 spiro atoms. The molecular weight excluding hydrogens is 222 g/mol. The monoisotopic (exact) mass is 245 g/mol. The molecule has 1 N–H and O–H groups in total. The van der Waals surface area contributed by atoms with Crippen LogP contribution in [-0.2, 0) is 14.3 Å². The van der Waals surface area contributed by atoms with Crippen molar-refractivity contribution in [2.75, 3.05) is 33.4 Å². The van der Waals surface area contributed by atoms with Gasteiger partial charge in [0.15, 0.2) is 0 Å². The molecule has 5 heteroatoms. The predicted molar refractivity (Wildman–Crippen MR) is 63.7 cm³/mol. The number of carbonyl (C=O) groups is 1. The first-order chi connectivity index (χ1) is 8.04. The number of carbonyl (C=O) groups excluding carboxylic acids is 1. The van der Waals surface area contributed by atoms with Crippen molar-refractivity contribution < 1.29 is 19.4 Å². The van der Waals surface area contributed by atoms with Gasteiger partial charge in [-0.2, -0.15) is 0 Å². The normalized spacial score (nSPS) is 26.2. The van der Waals surface area contributed by atoms with Crippen molar-refractivity contribution in [3.05, 3.63) is 0 Å². The van der Waals surface area contributed by atoms with Gasteiger partial charge in [0.25, 0.3) is 0 Å². The first-order valence-corrected chi connectivity index (χ1v) is 6.14. The standard InChI is InChI=1S/C12H23NO4/c1-9(2)17-7-6-13-5-4-11(14)10(8-13)12(15)16-3/h9-11,14H,4-8H2,1-3H3/t10-,11+/m1/s1. The van der Waals surface area contributed by atoms with Crippen molar-refractivity contribution in [1.29, 1.82) is 0 Å². The number of esters is 1. The number of aliphatic hydroxyl groups excluding tert-OH is 1. The smallest absolute Gasteiger partial charge is 0.312 e. The SMILES string of the molecule is COC(=O)[C@@H]1CN(CCOC(C)C)CC[C@@H]1O. The molecule has 1 rings (SSSR count). The number of methoxy groups -OCH3 is 1. The van der Waals surface area contributed by atoms with Gasteiger partial charge in [-0.25, -0.2) is 0 Å². The second-order valence-corrected chi connectivity index (χ2v) is 4.71. The quantitative estimate of drug-likeness (QED) is 0.704. The molecule has 0 aromatic carbocycles. The minimum Gasteiger partial charge on any atom is -0.469 e. The van der Waals surface area contributed by atoms with Gasteiger partial charge in [0.1, 0.15) is 0 Å². The Morgan fingerprint density at radius 2 is 2.24 bits per heavy atom. The largest absolute Gasteiger partial charge is 0.469 e. The highest BCUT2D eigenvalue weighted by molar-refractivity contribution is 5.73. The van der Waals surface area contributed by atoms with Gasteiger partial charge in [-0.05, 0) is 20.3 Å². The van der Waals surface area contributed by atoms with E-state index in [0.717, 1.165) is 13.1 Å². The minimum absolute atomic E-state index is 0.224. The van der Waals surface area contributed by atoms with Crippen molar-refractivity contribution in [3.8, 4) is 0 Å². The molecule has 1 fully saturated rings. The molecule has 0 unspecified atom stereocenters. The fourth-order valence-corrected chi connectivity index (χ4v) is 2.01. The van der Waals surface area contributed by atoms with E-state index in [0.29, 0.717) is 19.6 Å². The lowest BCUT2D eigenvalue weighted by atomic mass is 9.95. The Labute approximate surface area is 103 Å². The van der Waals surface area contributed by atoms with Crippen LogP contribution in [0.3, 0.4) is 0 Å². The molecule has 0 amide bonds. The van der Waals surface area contributed by atoms with Crippen molar-refractivity contribution in [2.45, 2.75) is 32.5 Å². The molecule has 0 aromatic heterocycles. The first kappa shape index (κ1) is 14.4. The van der Waals surface area contributed by atoms with Crippen molar-refractivity contribution in [3.63, 3.8) is 0 Å². The van der Waals surface area contributed by atoms with Gasteiger partial charge in [0, 0.05) is 19.6 Å². The van der Waals surface area contributed by atoms with Crippen LogP contribution >= 0.6 is 0 Å². The zero-order chi connectivity index (χ0) is 12.8. The zero-order valence-electron chi connectivity index (χ0n) is 10.9. The van der Waals surface area contributed by atoms with Crippen LogP contribution in [-0.4, -0.2) is 61.5 Å². The van der Waals surface area contributed by atoms with Gasteiger partial charge >= 0.3 is 5.97 Å². The minimum atomic E-state index is -0.579. The molecule has 1 aliphatic heterocycles. The molecule has 1 heterocycles. The van der Waals surface area contributed by atoms with Crippen LogP contribution in [0.5, 0.6) is 0 Å². The third-order valence-electron chi connectivity index (χ3n) is 3.02.